The van der Waals surface area contributed by atoms with Crippen LogP contribution < -0.4 is 15.1 Å². The van der Waals surface area contributed by atoms with Crippen LogP contribution in [-0.4, -0.2) is 40.7 Å². The number of amides is 3. The predicted molar refractivity (Wildman–Crippen MR) is 145 cm³/mol. The minimum atomic E-state index is -2.91. The third kappa shape index (κ3) is 5.74. The van der Waals surface area contributed by atoms with Gasteiger partial charge in [-0.05, 0) is 36.8 Å². The van der Waals surface area contributed by atoms with Gasteiger partial charge in [0, 0.05) is 54.0 Å². The fourth-order valence-electron chi connectivity index (χ4n) is 5.18. The predicted octanol–water partition coefficient (Wildman–Crippen LogP) is 5.61. The maximum atomic E-state index is 14.5. The third-order valence-corrected chi connectivity index (χ3v) is 7.42. The van der Waals surface area contributed by atoms with E-state index in [1.54, 1.807) is 12.1 Å². The van der Waals surface area contributed by atoms with Crippen LogP contribution in [0.15, 0.2) is 67.0 Å². The minimum Gasteiger partial charge on any atom is -0.351 e. The van der Waals surface area contributed by atoms with Gasteiger partial charge < -0.3 is 5.32 Å². The molecule has 0 spiro atoms. The van der Waals surface area contributed by atoms with Crippen molar-refractivity contribution in [3.8, 4) is 0 Å². The van der Waals surface area contributed by atoms with E-state index < -0.39 is 60.4 Å². The normalized spacial score (nSPS) is 18.8. The highest BCUT2D eigenvalue weighted by Gasteiger charge is 2.48. The third-order valence-electron chi connectivity index (χ3n) is 7.08. The number of benzene rings is 2. The number of carbonyl (C=O) groups excluding carboxylic acids is 3. The molecule has 3 amide bonds. The van der Waals surface area contributed by atoms with Crippen molar-refractivity contribution in [2.45, 2.75) is 49.7 Å². The second-order valence-corrected chi connectivity index (χ2v) is 10.3. The highest BCUT2D eigenvalue weighted by molar-refractivity contribution is 6.31. The van der Waals surface area contributed by atoms with Crippen molar-refractivity contribution < 1.29 is 27.6 Å². The summed E-state index contributed by atoms with van der Waals surface area (Å²) < 4.78 is 41.7. The first-order valence-corrected chi connectivity index (χ1v) is 13.1. The molecule has 0 bridgehead atoms. The first-order valence-electron chi connectivity index (χ1n) is 12.7. The van der Waals surface area contributed by atoms with E-state index in [1.807, 2.05) is 0 Å². The summed E-state index contributed by atoms with van der Waals surface area (Å²) in [5.74, 6) is -5.51. The molecule has 1 aromatic heterocycles. The fraction of sp³-hybridized carbons (Fsp3) is 0.276. The smallest absolute Gasteiger partial charge is 0.252 e. The molecular formula is C29H23ClF3N5O3. The molecule has 5 rings (SSSR count). The number of alkyl halides is 2. The molecule has 41 heavy (non-hydrogen) atoms. The second-order valence-electron chi connectivity index (χ2n) is 9.91. The van der Waals surface area contributed by atoms with Crippen molar-refractivity contribution in [2.75, 3.05) is 9.80 Å². The molecule has 12 heteroatoms. The van der Waals surface area contributed by atoms with E-state index in [1.165, 1.54) is 53.7 Å². The van der Waals surface area contributed by atoms with Gasteiger partial charge in [-0.2, -0.15) is 0 Å². The van der Waals surface area contributed by atoms with Gasteiger partial charge in [-0.1, -0.05) is 35.9 Å². The Morgan fingerprint density at radius 2 is 1.90 bits per heavy atom. The summed E-state index contributed by atoms with van der Waals surface area (Å²) in [7, 11) is 0. The van der Waals surface area contributed by atoms with Crippen LogP contribution in [-0.2, 0) is 14.4 Å². The van der Waals surface area contributed by atoms with E-state index in [0.29, 0.717) is 0 Å². The van der Waals surface area contributed by atoms with Crippen LogP contribution in [0.1, 0.15) is 37.3 Å². The van der Waals surface area contributed by atoms with E-state index in [0.717, 1.165) is 11.0 Å². The molecule has 0 radical (unpaired) electrons. The number of pyridine rings is 1. The average Bonchev–Trinajstić information content (AvgIpc) is 3.32. The van der Waals surface area contributed by atoms with Gasteiger partial charge in [0.25, 0.3) is 11.8 Å². The zero-order valence-corrected chi connectivity index (χ0v) is 22.2. The quantitative estimate of drug-likeness (QED) is 0.368. The van der Waals surface area contributed by atoms with Gasteiger partial charge in [-0.15, -0.1) is 0 Å². The summed E-state index contributed by atoms with van der Waals surface area (Å²) in [6.07, 6.45) is 1.61. The molecular weight excluding hydrogens is 559 g/mol. The van der Waals surface area contributed by atoms with Gasteiger partial charge in [0.05, 0.1) is 12.3 Å². The van der Waals surface area contributed by atoms with Crippen LogP contribution in [0.2, 0.25) is 5.02 Å². The Morgan fingerprint density at radius 3 is 2.59 bits per heavy atom. The maximum absolute atomic E-state index is 14.5. The number of nitrogens with one attached hydrogen (secondary N) is 1. The Balaban J connectivity index is 1.61. The average molecular weight is 582 g/mol. The Hall–Kier alpha value is -4.43. The lowest BCUT2D eigenvalue weighted by atomic mass is 9.87. The van der Waals surface area contributed by atoms with Crippen LogP contribution in [0.4, 0.5) is 30.2 Å². The number of hydrogen-bond donors (Lipinski definition) is 1. The number of carbonyl (C=O) groups is 3. The first-order chi connectivity index (χ1) is 19.6. The highest BCUT2D eigenvalue weighted by atomic mass is 35.5. The molecule has 2 aliphatic rings. The van der Waals surface area contributed by atoms with Gasteiger partial charge in [-0.3, -0.25) is 29.2 Å². The molecule has 2 atom stereocenters. The number of anilines is 2. The monoisotopic (exact) mass is 581 g/mol. The SMILES string of the molecule is [C-]#[N+]c1cncc(N2C(=O)CC[C@H]2C(=O)N(c2cccc(F)c2)[C@H](C(=O)NC2CC(F)(F)C2)c2ccccc2Cl)c1. The molecule has 2 aromatic carbocycles. The van der Waals surface area contributed by atoms with Crippen molar-refractivity contribution in [3.63, 3.8) is 0 Å². The lowest BCUT2D eigenvalue weighted by Crippen LogP contribution is -2.56. The van der Waals surface area contributed by atoms with Crippen molar-refractivity contribution in [1.82, 2.24) is 10.3 Å². The van der Waals surface area contributed by atoms with E-state index in [2.05, 4.69) is 15.1 Å². The van der Waals surface area contributed by atoms with Crippen LogP contribution >= 0.6 is 11.6 Å². The van der Waals surface area contributed by atoms with Gasteiger partial charge in [-0.25, -0.2) is 18.0 Å². The lowest BCUT2D eigenvalue weighted by Gasteiger charge is -2.39. The van der Waals surface area contributed by atoms with Gasteiger partial charge in [0.2, 0.25) is 17.5 Å². The van der Waals surface area contributed by atoms with Crippen molar-refractivity contribution >= 4 is 46.4 Å². The Bertz CT molecular complexity index is 1550. The minimum absolute atomic E-state index is 0.00124. The van der Waals surface area contributed by atoms with Crippen LogP contribution in [0.3, 0.4) is 0 Å². The molecule has 0 unspecified atom stereocenters. The summed E-state index contributed by atoms with van der Waals surface area (Å²) >= 11 is 6.49. The van der Waals surface area contributed by atoms with Gasteiger partial charge >= 0.3 is 0 Å². The highest BCUT2D eigenvalue weighted by Crippen LogP contribution is 2.40. The lowest BCUT2D eigenvalue weighted by molar-refractivity contribution is -0.133. The molecule has 2 heterocycles. The summed E-state index contributed by atoms with van der Waals surface area (Å²) in [6, 6.07) is 9.22. The molecule has 1 N–H and O–H groups in total. The summed E-state index contributed by atoms with van der Waals surface area (Å²) in [4.78, 5) is 50.8. The molecule has 1 saturated carbocycles. The standard InChI is InChI=1S/C29H23ClF3N5O3/c1-34-18-12-21(16-35-15-18)37-24(9-10-25(37)39)28(41)38(20-6-4-5-17(31)11-20)26(22-7-2-3-8-23(22)30)27(40)36-19-13-29(32,33)14-19/h2-8,11-12,15-16,19,24,26H,9-10,13-14H2,(H,36,40)/t24-,26-/m0/s1. The number of halogens is 4. The van der Waals surface area contributed by atoms with Gasteiger partial charge in [0.1, 0.15) is 17.9 Å². The maximum Gasteiger partial charge on any atom is 0.252 e. The number of nitrogens with zero attached hydrogens (tertiary/aromatic N) is 4. The summed E-state index contributed by atoms with van der Waals surface area (Å²) in [5.41, 5.74) is 0.555. The van der Waals surface area contributed by atoms with E-state index >= 15 is 0 Å². The van der Waals surface area contributed by atoms with Crippen LogP contribution in [0, 0.1) is 12.4 Å². The molecule has 1 aliphatic heterocycles. The zero-order chi connectivity index (χ0) is 29.3. The molecule has 3 aromatic rings. The number of aromatic nitrogens is 1. The Labute approximate surface area is 238 Å². The molecule has 210 valence electrons. The number of hydrogen-bond acceptors (Lipinski definition) is 4. The van der Waals surface area contributed by atoms with Crippen molar-refractivity contribution in [1.29, 1.82) is 0 Å². The van der Waals surface area contributed by atoms with E-state index in [4.69, 9.17) is 18.2 Å². The molecule has 8 nitrogen and oxygen atoms in total. The summed E-state index contributed by atoms with van der Waals surface area (Å²) in [6.45, 7) is 7.28. The molecule has 1 aliphatic carbocycles. The zero-order valence-electron chi connectivity index (χ0n) is 21.4. The van der Waals surface area contributed by atoms with Crippen molar-refractivity contribution in [3.05, 3.63) is 94.8 Å². The molecule has 1 saturated heterocycles. The first kappa shape index (κ1) is 28.1. The topological polar surface area (TPSA) is 87.0 Å². The largest absolute Gasteiger partial charge is 0.351 e. The van der Waals surface area contributed by atoms with E-state index in [9.17, 15) is 27.6 Å². The van der Waals surface area contributed by atoms with E-state index in [-0.39, 0.29) is 40.5 Å². The fourth-order valence-corrected chi connectivity index (χ4v) is 5.42. The van der Waals surface area contributed by atoms with Crippen LogP contribution in [0.5, 0.6) is 0 Å². The Kier molecular flexibility index (Phi) is 7.69. The number of rotatable bonds is 7. The summed E-state index contributed by atoms with van der Waals surface area (Å²) in [5, 5.41) is 2.71. The van der Waals surface area contributed by atoms with Crippen LogP contribution in [0.25, 0.3) is 4.85 Å². The Morgan fingerprint density at radius 1 is 1.15 bits per heavy atom. The van der Waals surface area contributed by atoms with Gasteiger partial charge in [0.15, 0.2) is 0 Å². The second kappa shape index (κ2) is 11.2. The van der Waals surface area contributed by atoms with Crippen molar-refractivity contribution in [2.24, 2.45) is 0 Å². The molecule has 2 fully saturated rings.